The van der Waals surface area contributed by atoms with Crippen LogP contribution in [0, 0.1) is 0 Å². The summed E-state index contributed by atoms with van der Waals surface area (Å²) in [5.41, 5.74) is 2.54. The van der Waals surface area contributed by atoms with Gasteiger partial charge in [0.2, 0.25) is 0 Å². The lowest BCUT2D eigenvalue weighted by molar-refractivity contribution is 0.402. The maximum Gasteiger partial charge on any atom is 0.0603 e. The summed E-state index contributed by atoms with van der Waals surface area (Å²) in [6.45, 7) is 3.21. The molecule has 19 heavy (non-hydrogen) atoms. The minimum atomic E-state index is 0.416. The quantitative estimate of drug-likeness (QED) is 0.841. The number of hydrogen-bond donors (Lipinski definition) is 1. The average Bonchev–Trinajstić information content (AvgIpc) is 2.91. The van der Waals surface area contributed by atoms with E-state index in [9.17, 15) is 0 Å². The standard InChI is InChI=1S/C16H22N2S/c1-4-15(16-6-5-11-19-16)17-14-9-7-13(8-10-14)12-18(2)3/h5-11,15,17H,4,12H2,1-3H3. The summed E-state index contributed by atoms with van der Waals surface area (Å²) in [6.07, 6.45) is 1.10. The second-order valence-corrected chi connectivity index (χ2v) is 6.03. The highest BCUT2D eigenvalue weighted by atomic mass is 32.1. The van der Waals surface area contributed by atoms with Gasteiger partial charge in [-0.15, -0.1) is 11.3 Å². The normalized spacial score (nSPS) is 12.6. The third-order valence-corrected chi connectivity index (χ3v) is 4.07. The molecule has 102 valence electrons. The predicted octanol–water partition coefficient (Wildman–Crippen LogP) is 4.37. The first-order chi connectivity index (χ1) is 9.19. The second kappa shape index (κ2) is 6.73. The van der Waals surface area contributed by atoms with Crippen LogP contribution >= 0.6 is 11.3 Å². The first kappa shape index (κ1) is 14.1. The van der Waals surface area contributed by atoms with E-state index in [0.717, 1.165) is 13.0 Å². The molecule has 0 saturated heterocycles. The maximum atomic E-state index is 3.61. The van der Waals surface area contributed by atoms with Gasteiger partial charge in [0.15, 0.2) is 0 Å². The molecule has 1 atom stereocenters. The summed E-state index contributed by atoms with van der Waals surface area (Å²) in [6, 6.07) is 13.5. The summed E-state index contributed by atoms with van der Waals surface area (Å²) in [5.74, 6) is 0. The molecule has 0 fully saturated rings. The van der Waals surface area contributed by atoms with Crippen molar-refractivity contribution in [2.45, 2.75) is 25.9 Å². The van der Waals surface area contributed by atoms with E-state index < -0.39 is 0 Å². The lowest BCUT2D eigenvalue weighted by atomic mass is 10.1. The van der Waals surface area contributed by atoms with Crippen molar-refractivity contribution in [3.8, 4) is 0 Å². The first-order valence-electron chi connectivity index (χ1n) is 6.72. The van der Waals surface area contributed by atoms with Gasteiger partial charge in [-0.25, -0.2) is 0 Å². The number of thiophene rings is 1. The lowest BCUT2D eigenvalue weighted by Crippen LogP contribution is -2.11. The van der Waals surface area contributed by atoms with Crippen molar-refractivity contribution >= 4 is 17.0 Å². The molecule has 0 radical (unpaired) electrons. The zero-order valence-corrected chi connectivity index (χ0v) is 12.7. The van der Waals surface area contributed by atoms with Gasteiger partial charge >= 0.3 is 0 Å². The molecule has 0 amide bonds. The van der Waals surface area contributed by atoms with Crippen molar-refractivity contribution in [2.24, 2.45) is 0 Å². The van der Waals surface area contributed by atoms with Gasteiger partial charge in [0, 0.05) is 17.1 Å². The minimum Gasteiger partial charge on any atom is -0.377 e. The van der Waals surface area contributed by atoms with Crippen LogP contribution < -0.4 is 5.32 Å². The van der Waals surface area contributed by atoms with E-state index in [1.807, 2.05) is 11.3 Å². The van der Waals surface area contributed by atoms with Gasteiger partial charge < -0.3 is 10.2 Å². The average molecular weight is 274 g/mol. The van der Waals surface area contributed by atoms with Crippen LogP contribution in [0.2, 0.25) is 0 Å². The Morgan fingerprint density at radius 3 is 2.42 bits per heavy atom. The SMILES string of the molecule is CCC(Nc1ccc(CN(C)C)cc1)c1cccs1. The predicted molar refractivity (Wildman–Crippen MR) is 84.8 cm³/mol. The van der Waals surface area contributed by atoms with Crippen LogP contribution in [0.3, 0.4) is 0 Å². The van der Waals surface area contributed by atoms with Gasteiger partial charge in [-0.2, -0.15) is 0 Å². The summed E-state index contributed by atoms with van der Waals surface area (Å²) in [5, 5.41) is 5.75. The van der Waals surface area contributed by atoms with Crippen molar-refractivity contribution in [1.82, 2.24) is 4.90 Å². The van der Waals surface area contributed by atoms with Gasteiger partial charge in [-0.1, -0.05) is 25.1 Å². The molecule has 2 nitrogen and oxygen atoms in total. The minimum absolute atomic E-state index is 0.416. The Labute approximate surface area is 120 Å². The highest BCUT2D eigenvalue weighted by molar-refractivity contribution is 7.10. The number of nitrogens with one attached hydrogen (secondary N) is 1. The molecule has 1 unspecified atom stereocenters. The van der Waals surface area contributed by atoms with Gasteiger partial charge in [0.1, 0.15) is 0 Å². The fraction of sp³-hybridized carbons (Fsp3) is 0.375. The van der Waals surface area contributed by atoms with Crippen LogP contribution in [0.15, 0.2) is 41.8 Å². The van der Waals surface area contributed by atoms with Crippen molar-refractivity contribution in [1.29, 1.82) is 0 Å². The third-order valence-electron chi connectivity index (χ3n) is 3.09. The van der Waals surface area contributed by atoms with Crippen LogP contribution in [0.25, 0.3) is 0 Å². The van der Waals surface area contributed by atoms with Crippen LogP contribution in [-0.4, -0.2) is 19.0 Å². The molecule has 0 bridgehead atoms. The molecule has 1 aromatic carbocycles. The van der Waals surface area contributed by atoms with Gasteiger partial charge in [0.25, 0.3) is 0 Å². The zero-order valence-electron chi connectivity index (χ0n) is 11.9. The summed E-state index contributed by atoms with van der Waals surface area (Å²) >= 11 is 1.82. The van der Waals surface area contributed by atoms with Gasteiger partial charge in [0.05, 0.1) is 6.04 Å². The molecule has 1 aromatic heterocycles. The second-order valence-electron chi connectivity index (χ2n) is 5.06. The van der Waals surface area contributed by atoms with E-state index in [-0.39, 0.29) is 0 Å². The molecule has 2 aromatic rings. The Kier molecular flexibility index (Phi) is 5.00. The summed E-state index contributed by atoms with van der Waals surface area (Å²) in [4.78, 5) is 3.59. The molecule has 3 heteroatoms. The molecular formula is C16H22N2S. The van der Waals surface area contributed by atoms with Crippen LogP contribution in [0.4, 0.5) is 5.69 Å². The van der Waals surface area contributed by atoms with Crippen molar-refractivity contribution in [3.63, 3.8) is 0 Å². The molecule has 0 saturated carbocycles. The summed E-state index contributed by atoms with van der Waals surface area (Å²) in [7, 11) is 4.19. The molecule has 1 N–H and O–H groups in total. The van der Waals surface area contributed by atoms with Crippen LogP contribution in [0.5, 0.6) is 0 Å². The highest BCUT2D eigenvalue weighted by Gasteiger charge is 2.09. The lowest BCUT2D eigenvalue weighted by Gasteiger charge is -2.17. The van der Waals surface area contributed by atoms with E-state index in [1.165, 1.54) is 16.1 Å². The fourth-order valence-electron chi connectivity index (χ4n) is 2.14. The molecule has 0 aliphatic carbocycles. The third kappa shape index (κ3) is 4.08. The van der Waals surface area contributed by atoms with Crippen molar-refractivity contribution in [3.05, 3.63) is 52.2 Å². The van der Waals surface area contributed by atoms with Gasteiger partial charge in [-0.3, -0.25) is 0 Å². The van der Waals surface area contributed by atoms with Crippen molar-refractivity contribution in [2.75, 3.05) is 19.4 Å². The molecule has 0 aliphatic heterocycles. The Balaban J connectivity index is 2.02. The van der Waals surface area contributed by atoms with E-state index in [1.54, 1.807) is 0 Å². The Morgan fingerprint density at radius 1 is 1.16 bits per heavy atom. The fourth-order valence-corrected chi connectivity index (χ4v) is 3.00. The zero-order chi connectivity index (χ0) is 13.7. The number of nitrogens with zero attached hydrogens (tertiary/aromatic N) is 1. The Bertz CT molecular complexity index is 474. The molecule has 1 heterocycles. The molecule has 2 rings (SSSR count). The summed E-state index contributed by atoms with van der Waals surface area (Å²) < 4.78 is 0. The van der Waals surface area contributed by atoms with Crippen LogP contribution in [-0.2, 0) is 6.54 Å². The van der Waals surface area contributed by atoms with Gasteiger partial charge in [-0.05, 0) is 49.7 Å². The van der Waals surface area contributed by atoms with E-state index in [2.05, 4.69) is 73.0 Å². The van der Waals surface area contributed by atoms with E-state index >= 15 is 0 Å². The largest absolute Gasteiger partial charge is 0.377 e. The number of benzene rings is 1. The smallest absolute Gasteiger partial charge is 0.0603 e. The molecular weight excluding hydrogens is 252 g/mol. The molecule has 0 spiro atoms. The topological polar surface area (TPSA) is 15.3 Å². The maximum absolute atomic E-state index is 3.61. The van der Waals surface area contributed by atoms with E-state index in [0.29, 0.717) is 6.04 Å². The Hall–Kier alpha value is -1.32. The number of rotatable bonds is 6. The highest BCUT2D eigenvalue weighted by Crippen LogP contribution is 2.26. The Morgan fingerprint density at radius 2 is 1.89 bits per heavy atom. The van der Waals surface area contributed by atoms with E-state index in [4.69, 9.17) is 0 Å². The van der Waals surface area contributed by atoms with Crippen molar-refractivity contribution < 1.29 is 0 Å². The molecule has 0 aliphatic rings. The number of anilines is 1. The monoisotopic (exact) mass is 274 g/mol. The first-order valence-corrected chi connectivity index (χ1v) is 7.60. The van der Waals surface area contributed by atoms with Crippen LogP contribution in [0.1, 0.15) is 29.8 Å². The number of hydrogen-bond acceptors (Lipinski definition) is 3.